The number of hydrogen-bond acceptors (Lipinski definition) is 2. The van der Waals surface area contributed by atoms with E-state index in [2.05, 4.69) is 28.9 Å². The van der Waals surface area contributed by atoms with Crippen LogP contribution in [0.5, 0.6) is 5.75 Å². The summed E-state index contributed by atoms with van der Waals surface area (Å²) in [6, 6.07) is 6.15. The highest BCUT2D eigenvalue weighted by atomic mass is 79.9. The van der Waals surface area contributed by atoms with Crippen molar-refractivity contribution in [1.82, 2.24) is 0 Å². The van der Waals surface area contributed by atoms with Crippen molar-refractivity contribution >= 4 is 15.9 Å². The first-order chi connectivity index (χ1) is 9.12. The van der Waals surface area contributed by atoms with Crippen LogP contribution in [-0.4, -0.2) is 17.3 Å². The zero-order valence-corrected chi connectivity index (χ0v) is 12.9. The highest BCUT2D eigenvalue weighted by Gasteiger charge is 2.56. The van der Waals surface area contributed by atoms with Gasteiger partial charge in [0.15, 0.2) is 0 Å². The van der Waals surface area contributed by atoms with Crippen LogP contribution in [0.4, 0.5) is 0 Å². The molecule has 1 aromatic rings. The van der Waals surface area contributed by atoms with Crippen molar-refractivity contribution in [2.75, 3.05) is 0 Å². The molecule has 0 amide bonds. The lowest BCUT2D eigenvalue weighted by Gasteiger charge is -2.55. The minimum Gasteiger partial charge on any atom is -0.489 e. The van der Waals surface area contributed by atoms with Crippen molar-refractivity contribution in [1.29, 1.82) is 0 Å². The van der Waals surface area contributed by atoms with E-state index in [1.807, 2.05) is 12.1 Å². The third-order valence-corrected chi connectivity index (χ3v) is 5.44. The van der Waals surface area contributed by atoms with Gasteiger partial charge in [-0.25, -0.2) is 0 Å². The van der Waals surface area contributed by atoms with E-state index in [1.165, 1.54) is 19.3 Å². The quantitative estimate of drug-likeness (QED) is 0.882. The lowest BCUT2D eigenvalue weighted by molar-refractivity contribution is -0.172. The number of benzene rings is 1. The lowest BCUT2D eigenvalue weighted by Crippen LogP contribution is -2.60. The lowest BCUT2D eigenvalue weighted by atomic mass is 9.56. The van der Waals surface area contributed by atoms with Gasteiger partial charge in [0, 0.05) is 16.3 Å². The molecule has 3 heteroatoms. The van der Waals surface area contributed by atoms with Gasteiger partial charge in [0.1, 0.15) is 11.9 Å². The van der Waals surface area contributed by atoms with Gasteiger partial charge >= 0.3 is 0 Å². The Labute approximate surface area is 123 Å². The largest absolute Gasteiger partial charge is 0.489 e. The summed E-state index contributed by atoms with van der Waals surface area (Å²) in [5.41, 5.74) is 1.20. The predicted octanol–water partition coefficient (Wildman–Crippen LogP) is 4.22. The van der Waals surface area contributed by atoms with Gasteiger partial charge in [0.05, 0.1) is 6.10 Å². The van der Waals surface area contributed by atoms with Crippen LogP contribution >= 0.6 is 15.9 Å². The monoisotopic (exact) mass is 324 g/mol. The molecule has 2 fully saturated rings. The highest BCUT2D eigenvalue weighted by molar-refractivity contribution is 9.10. The van der Waals surface area contributed by atoms with Crippen LogP contribution in [0, 0.1) is 12.3 Å². The van der Waals surface area contributed by atoms with Gasteiger partial charge in [0.2, 0.25) is 0 Å². The van der Waals surface area contributed by atoms with E-state index in [-0.39, 0.29) is 17.6 Å². The maximum absolute atomic E-state index is 10.2. The van der Waals surface area contributed by atoms with Crippen LogP contribution in [0.25, 0.3) is 0 Å². The zero-order valence-electron chi connectivity index (χ0n) is 11.4. The van der Waals surface area contributed by atoms with Gasteiger partial charge in [-0.15, -0.1) is 0 Å². The molecule has 104 valence electrons. The molecule has 19 heavy (non-hydrogen) atoms. The van der Waals surface area contributed by atoms with Crippen molar-refractivity contribution in [2.24, 2.45) is 5.41 Å². The van der Waals surface area contributed by atoms with Crippen molar-refractivity contribution in [3.8, 4) is 5.75 Å². The molecule has 1 N–H and O–H groups in total. The molecule has 2 aliphatic rings. The minimum absolute atomic E-state index is 0.0347. The number of rotatable bonds is 2. The molecule has 2 unspecified atom stereocenters. The number of aliphatic hydroxyl groups is 1. The fourth-order valence-electron chi connectivity index (χ4n) is 3.61. The first kappa shape index (κ1) is 13.4. The number of ether oxygens (including phenoxy) is 1. The highest BCUT2D eigenvalue weighted by Crippen LogP contribution is 2.53. The number of aliphatic hydroxyl groups excluding tert-OH is 1. The summed E-state index contributed by atoms with van der Waals surface area (Å²) in [6.07, 6.45) is 6.81. The first-order valence-electron chi connectivity index (χ1n) is 7.23. The molecule has 2 aliphatic carbocycles. The maximum Gasteiger partial charge on any atom is 0.123 e. The Bertz CT molecular complexity index is 466. The minimum atomic E-state index is -0.162. The summed E-state index contributed by atoms with van der Waals surface area (Å²) in [7, 11) is 0. The average Bonchev–Trinajstić information content (AvgIpc) is 2.43. The Balaban J connectivity index is 1.78. The molecule has 1 aromatic carbocycles. The van der Waals surface area contributed by atoms with E-state index in [0.29, 0.717) is 0 Å². The molecule has 2 saturated carbocycles. The van der Waals surface area contributed by atoms with E-state index in [0.717, 1.165) is 35.0 Å². The predicted molar refractivity (Wildman–Crippen MR) is 79.4 cm³/mol. The van der Waals surface area contributed by atoms with Gasteiger partial charge in [-0.3, -0.25) is 0 Å². The zero-order chi connectivity index (χ0) is 13.5. The van der Waals surface area contributed by atoms with Gasteiger partial charge in [0.25, 0.3) is 0 Å². The Morgan fingerprint density at radius 3 is 2.68 bits per heavy atom. The third-order valence-electron chi connectivity index (χ3n) is 4.95. The number of aryl methyl sites for hydroxylation is 1. The normalized spacial score (nSPS) is 29.0. The Morgan fingerprint density at radius 1 is 1.26 bits per heavy atom. The van der Waals surface area contributed by atoms with Crippen LogP contribution < -0.4 is 4.74 Å². The fraction of sp³-hybridized carbons (Fsp3) is 0.625. The van der Waals surface area contributed by atoms with Gasteiger partial charge < -0.3 is 9.84 Å². The summed E-state index contributed by atoms with van der Waals surface area (Å²) in [4.78, 5) is 0. The van der Waals surface area contributed by atoms with Gasteiger partial charge in [-0.1, -0.05) is 41.3 Å². The van der Waals surface area contributed by atoms with Crippen molar-refractivity contribution < 1.29 is 9.84 Å². The molecule has 3 rings (SSSR count). The summed E-state index contributed by atoms with van der Waals surface area (Å²) >= 11 is 3.50. The van der Waals surface area contributed by atoms with Crippen molar-refractivity contribution in [2.45, 2.75) is 57.7 Å². The SMILES string of the molecule is Cc1ccc(Br)cc1OC1CC(O)C12CCCCC2. The van der Waals surface area contributed by atoms with Gasteiger partial charge in [-0.2, -0.15) is 0 Å². The van der Waals surface area contributed by atoms with E-state index in [9.17, 15) is 5.11 Å². The summed E-state index contributed by atoms with van der Waals surface area (Å²) in [5, 5.41) is 10.2. The number of halogens is 1. The Hall–Kier alpha value is -0.540. The van der Waals surface area contributed by atoms with Crippen LogP contribution in [0.1, 0.15) is 44.1 Å². The molecule has 0 aromatic heterocycles. The Morgan fingerprint density at radius 2 is 2.00 bits per heavy atom. The van der Waals surface area contributed by atoms with Gasteiger partial charge in [-0.05, 0) is 37.5 Å². The average molecular weight is 325 g/mol. The topological polar surface area (TPSA) is 29.5 Å². The van der Waals surface area contributed by atoms with Crippen LogP contribution in [0.15, 0.2) is 22.7 Å². The molecule has 0 aliphatic heterocycles. The molecule has 0 saturated heterocycles. The molecule has 0 radical (unpaired) electrons. The van der Waals surface area contributed by atoms with Crippen LogP contribution in [-0.2, 0) is 0 Å². The molecule has 0 bridgehead atoms. The van der Waals surface area contributed by atoms with Crippen molar-refractivity contribution in [3.63, 3.8) is 0 Å². The Kier molecular flexibility index (Phi) is 3.61. The second kappa shape index (κ2) is 5.10. The van der Waals surface area contributed by atoms with Crippen LogP contribution in [0.3, 0.4) is 0 Å². The summed E-state index contributed by atoms with van der Waals surface area (Å²) < 4.78 is 7.28. The second-order valence-corrected chi connectivity index (χ2v) is 6.98. The molecule has 0 heterocycles. The maximum atomic E-state index is 10.2. The second-order valence-electron chi connectivity index (χ2n) is 6.06. The summed E-state index contributed by atoms with van der Waals surface area (Å²) in [6.45, 7) is 2.07. The van der Waals surface area contributed by atoms with E-state index in [4.69, 9.17) is 4.74 Å². The number of hydrogen-bond donors (Lipinski definition) is 1. The standard InChI is InChI=1S/C16H21BrO2/c1-11-5-6-12(17)9-13(11)19-15-10-14(18)16(15)7-3-2-4-8-16/h5-6,9,14-15,18H,2-4,7-8,10H2,1H3. The third kappa shape index (κ3) is 2.31. The molecule has 1 spiro atoms. The van der Waals surface area contributed by atoms with E-state index in [1.54, 1.807) is 0 Å². The fourth-order valence-corrected chi connectivity index (χ4v) is 3.95. The molecule has 2 nitrogen and oxygen atoms in total. The molecular formula is C16H21BrO2. The molecular weight excluding hydrogens is 304 g/mol. The summed E-state index contributed by atoms with van der Waals surface area (Å²) in [5.74, 6) is 0.955. The van der Waals surface area contributed by atoms with E-state index >= 15 is 0 Å². The smallest absolute Gasteiger partial charge is 0.123 e. The van der Waals surface area contributed by atoms with E-state index < -0.39 is 0 Å². The van der Waals surface area contributed by atoms with Crippen LogP contribution in [0.2, 0.25) is 0 Å². The molecule has 2 atom stereocenters. The first-order valence-corrected chi connectivity index (χ1v) is 8.02. The van der Waals surface area contributed by atoms with Crippen molar-refractivity contribution in [3.05, 3.63) is 28.2 Å².